The van der Waals surface area contributed by atoms with Crippen LogP contribution >= 0.6 is 0 Å². The molecule has 0 amide bonds. The number of hydrogen-bond acceptors (Lipinski definition) is 8. The second-order valence-corrected chi connectivity index (χ2v) is 4.03. The number of carboxylic acids is 1. The monoisotopic (exact) mass is 304 g/mol. The van der Waals surface area contributed by atoms with Crippen LogP contribution in [0, 0.1) is 0 Å². The largest absolute Gasteiger partial charge is 0.504 e. The summed E-state index contributed by atoms with van der Waals surface area (Å²) in [5.74, 6) is -2.14. The molecule has 0 saturated heterocycles. The fourth-order valence-electron chi connectivity index (χ4n) is 1.32. The van der Waals surface area contributed by atoms with E-state index in [1.807, 2.05) is 0 Å². The molecule has 0 radical (unpaired) electrons. The van der Waals surface area contributed by atoms with E-state index in [-0.39, 0.29) is 30.5 Å². The maximum atomic E-state index is 10.4. The Bertz CT molecular complexity index is 476. The summed E-state index contributed by atoms with van der Waals surface area (Å²) in [5.41, 5.74) is 0. The zero-order chi connectivity index (χ0) is 16.0. The van der Waals surface area contributed by atoms with E-state index < -0.39 is 24.5 Å². The molecule has 0 aromatic heterocycles. The van der Waals surface area contributed by atoms with Gasteiger partial charge in [-0.1, -0.05) is 0 Å². The minimum absolute atomic E-state index is 0.0861. The van der Waals surface area contributed by atoms with Crippen LogP contribution in [-0.2, 0) is 9.53 Å². The average Bonchev–Trinajstić information content (AvgIpc) is 2.45. The topological polar surface area (TPSA) is 157 Å². The van der Waals surface area contributed by atoms with Crippen molar-refractivity contribution in [1.29, 1.82) is 0 Å². The smallest absolute Gasteiger partial charge is 0.335 e. The number of carboxylic acid groups (broad SMARTS) is 1. The summed E-state index contributed by atoms with van der Waals surface area (Å²) in [6, 6.07) is 3.76. The molecule has 9 heteroatoms. The molecule has 0 aliphatic carbocycles. The number of rotatable bonds is 8. The fourth-order valence-corrected chi connectivity index (χ4v) is 1.32. The van der Waals surface area contributed by atoms with Crippen LogP contribution in [0.15, 0.2) is 18.2 Å². The van der Waals surface area contributed by atoms with Crippen LogP contribution in [0.1, 0.15) is 0 Å². The number of aliphatic hydroxyl groups excluding tert-OH is 3. The van der Waals surface area contributed by atoms with Crippen molar-refractivity contribution >= 4 is 5.97 Å². The van der Waals surface area contributed by atoms with E-state index in [9.17, 15) is 20.1 Å². The first-order valence-corrected chi connectivity index (χ1v) is 5.86. The van der Waals surface area contributed by atoms with E-state index in [0.717, 1.165) is 6.07 Å². The molecule has 0 bridgehead atoms. The second-order valence-electron chi connectivity index (χ2n) is 4.03. The van der Waals surface area contributed by atoms with Gasteiger partial charge in [0.2, 0.25) is 0 Å². The number of carbonyl (C=O) groups is 1. The standard InChI is InChI=1S/C12H16O9/c13-7-2-1-6(5-8(7)14)20-3-4-21-12(19)10(16)9(15)11(17)18/h1-2,5,9-10,12-16,19H,3-4H2,(H,17,18). The molecule has 6 N–H and O–H groups in total. The number of hydrogen-bond donors (Lipinski definition) is 6. The molecule has 3 unspecified atom stereocenters. The first-order valence-electron chi connectivity index (χ1n) is 5.86. The van der Waals surface area contributed by atoms with Crippen LogP contribution in [0.25, 0.3) is 0 Å². The molecule has 1 aromatic rings. The van der Waals surface area contributed by atoms with Crippen molar-refractivity contribution in [2.45, 2.75) is 18.5 Å². The molecule has 0 heterocycles. The third-order valence-electron chi connectivity index (χ3n) is 2.46. The van der Waals surface area contributed by atoms with Crippen molar-refractivity contribution in [3.05, 3.63) is 18.2 Å². The van der Waals surface area contributed by atoms with Crippen LogP contribution in [0.3, 0.4) is 0 Å². The lowest BCUT2D eigenvalue weighted by Gasteiger charge is -2.20. The number of aliphatic carboxylic acids is 1. The van der Waals surface area contributed by atoms with Crippen LogP contribution < -0.4 is 4.74 Å². The van der Waals surface area contributed by atoms with Gasteiger partial charge in [-0.25, -0.2) is 4.79 Å². The van der Waals surface area contributed by atoms with Gasteiger partial charge in [0, 0.05) is 6.07 Å². The summed E-state index contributed by atoms with van der Waals surface area (Å²) in [6.07, 6.45) is -6.07. The zero-order valence-corrected chi connectivity index (χ0v) is 10.8. The molecule has 1 rings (SSSR count). The maximum Gasteiger partial charge on any atom is 0.335 e. The highest BCUT2D eigenvalue weighted by Crippen LogP contribution is 2.28. The molecule has 0 spiro atoms. The number of phenolic OH excluding ortho intramolecular Hbond substituents is 2. The molecule has 0 saturated carbocycles. The van der Waals surface area contributed by atoms with Gasteiger partial charge >= 0.3 is 5.97 Å². The highest BCUT2D eigenvalue weighted by molar-refractivity contribution is 5.72. The van der Waals surface area contributed by atoms with Gasteiger partial charge in [-0.3, -0.25) is 0 Å². The van der Waals surface area contributed by atoms with Crippen molar-refractivity contribution in [2.75, 3.05) is 13.2 Å². The van der Waals surface area contributed by atoms with E-state index in [1.165, 1.54) is 12.1 Å². The van der Waals surface area contributed by atoms with E-state index in [0.29, 0.717) is 0 Å². The zero-order valence-electron chi connectivity index (χ0n) is 10.8. The lowest BCUT2D eigenvalue weighted by Crippen LogP contribution is -2.43. The maximum absolute atomic E-state index is 10.4. The predicted molar refractivity (Wildman–Crippen MR) is 66.9 cm³/mol. The summed E-state index contributed by atoms with van der Waals surface area (Å²) >= 11 is 0. The quantitative estimate of drug-likeness (QED) is 0.193. The van der Waals surface area contributed by atoms with E-state index in [2.05, 4.69) is 0 Å². The third-order valence-corrected chi connectivity index (χ3v) is 2.46. The number of benzene rings is 1. The van der Waals surface area contributed by atoms with E-state index >= 15 is 0 Å². The van der Waals surface area contributed by atoms with Gasteiger partial charge in [0.1, 0.15) is 18.5 Å². The van der Waals surface area contributed by atoms with Gasteiger partial charge in [-0.05, 0) is 12.1 Å². The number of ether oxygens (including phenoxy) is 2. The fraction of sp³-hybridized carbons (Fsp3) is 0.417. The van der Waals surface area contributed by atoms with Crippen molar-refractivity contribution in [3.63, 3.8) is 0 Å². The Morgan fingerprint density at radius 2 is 1.76 bits per heavy atom. The van der Waals surface area contributed by atoms with Gasteiger partial charge in [0.25, 0.3) is 0 Å². The molecular formula is C12H16O9. The Morgan fingerprint density at radius 1 is 1.10 bits per heavy atom. The first-order chi connectivity index (χ1) is 9.82. The average molecular weight is 304 g/mol. The lowest BCUT2D eigenvalue weighted by atomic mass is 10.2. The first kappa shape index (κ1) is 17.0. The van der Waals surface area contributed by atoms with Crippen molar-refractivity contribution < 1.29 is 44.9 Å². The van der Waals surface area contributed by atoms with Crippen LogP contribution in [0.2, 0.25) is 0 Å². The Balaban J connectivity index is 2.33. The number of aliphatic hydroxyl groups is 3. The SMILES string of the molecule is O=C(O)C(O)C(O)C(O)OCCOc1ccc(O)c(O)c1. The molecule has 0 aliphatic heterocycles. The van der Waals surface area contributed by atoms with Gasteiger partial charge < -0.3 is 40.1 Å². The minimum Gasteiger partial charge on any atom is -0.504 e. The summed E-state index contributed by atoms with van der Waals surface area (Å²) in [5, 5.41) is 54.2. The number of phenols is 2. The van der Waals surface area contributed by atoms with Crippen LogP contribution in [-0.4, -0.2) is 68.3 Å². The summed E-state index contributed by atoms with van der Waals surface area (Å²) in [7, 11) is 0. The van der Waals surface area contributed by atoms with E-state index in [4.69, 9.17) is 24.8 Å². The van der Waals surface area contributed by atoms with Gasteiger partial charge in [-0.2, -0.15) is 0 Å². The highest BCUT2D eigenvalue weighted by atomic mass is 16.6. The third kappa shape index (κ3) is 5.08. The minimum atomic E-state index is -2.17. The molecule has 118 valence electrons. The second kappa shape index (κ2) is 7.64. The Hall–Kier alpha value is -2.07. The summed E-state index contributed by atoms with van der Waals surface area (Å²) in [6.45, 7) is -0.302. The number of aromatic hydroxyl groups is 2. The molecule has 9 nitrogen and oxygen atoms in total. The van der Waals surface area contributed by atoms with Gasteiger partial charge in [0.05, 0.1) is 6.61 Å². The predicted octanol–water partition coefficient (Wildman–Crippen LogP) is -1.38. The van der Waals surface area contributed by atoms with Crippen molar-refractivity contribution in [3.8, 4) is 17.2 Å². The van der Waals surface area contributed by atoms with Crippen molar-refractivity contribution in [1.82, 2.24) is 0 Å². The normalized spacial score (nSPS) is 15.2. The van der Waals surface area contributed by atoms with Crippen LogP contribution in [0.5, 0.6) is 17.2 Å². The molecule has 1 aromatic carbocycles. The van der Waals surface area contributed by atoms with Gasteiger partial charge in [-0.15, -0.1) is 0 Å². The molecular weight excluding hydrogens is 288 g/mol. The van der Waals surface area contributed by atoms with Gasteiger partial charge in [0.15, 0.2) is 23.9 Å². The molecule has 21 heavy (non-hydrogen) atoms. The Labute approximate surface area is 119 Å². The van der Waals surface area contributed by atoms with Crippen molar-refractivity contribution in [2.24, 2.45) is 0 Å². The Kier molecular flexibility index (Phi) is 6.18. The summed E-state index contributed by atoms with van der Waals surface area (Å²) in [4.78, 5) is 10.4. The molecule has 0 aliphatic rings. The lowest BCUT2D eigenvalue weighted by molar-refractivity contribution is -0.199. The summed E-state index contributed by atoms with van der Waals surface area (Å²) < 4.78 is 9.81. The van der Waals surface area contributed by atoms with Crippen LogP contribution in [0.4, 0.5) is 0 Å². The highest BCUT2D eigenvalue weighted by Gasteiger charge is 2.30. The molecule has 3 atom stereocenters. The Morgan fingerprint density at radius 3 is 2.33 bits per heavy atom. The van der Waals surface area contributed by atoms with E-state index in [1.54, 1.807) is 0 Å². The molecule has 0 fully saturated rings.